The normalized spacial score (nSPS) is 14.1. The third-order valence-electron chi connectivity index (χ3n) is 3.31. The highest BCUT2D eigenvalue weighted by atomic mass is 79.9. The van der Waals surface area contributed by atoms with Gasteiger partial charge in [0.05, 0.1) is 4.47 Å². The first-order valence-corrected chi connectivity index (χ1v) is 8.02. The minimum atomic E-state index is -0.234. The summed E-state index contributed by atoms with van der Waals surface area (Å²) in [5, 5.41) is 3.52. The van der Waals surface area contributed by atoms with Gasteiger partial charge < -0.3 is 5.32 Å². The molecule has 1 N–H and O–H groups in total. The molecule has 0 aliphatic carbocycles. The molecule has 0 aliphatic heterocycles. The van der Waals surface area contributed by atoms with E-state index in [1.165, 1.54) is 11.6 Å². The minimum absolute atomic E-state index is 0.144. The molecular weight excluding hydrogens is 385 g/mol. The number of rotatable bonds is 4. The molecule has 1 unspecified atom stereocenters. The van der Waals surface area contributed by atoms with Crippen molar-refractivity contribution in [2.75, 3.05) is 0 Å². The smallest absolute Gasteiger partial charge is 0.137 e. The first-order valence-electron chi connectivity index (χ1n) is 6.44. The van der Waals surface area contributed by atoms with Crippen molar-refractivity contribution in [3.8, 4) is 0 Å². The maximum Gasteiger partial charge on any atom is 0.137 e. The Hall–Kier alpha value is -0.710. The summed E-state index contributed by atoms with van der Waals surface area (Å²) in [6, 6.07) is 13.7. The van der Waals surface area contributed by atoms with Crippen LogP contribution in [0.3, 0.4) is 0 Å². The fraction of sp³-hybridized carbons (Fsp3) is 0.250. The van der Waals surface area contributed by atoms with Crippen LogP contribution in [0.4, 0.5) is 4.39 Å². The van der Waals surface area contributed by atoms with Gasteiger partial charge in [-0.05, 0) is 65.2 Å². The lowest BCUT2D eigenvalue weighted by molar-refractivity contribution is 0.493. The highest BCUT2D eigenvalue weighted by Gasteiger charge is 2.12. The van der Waals surface area contributed by atoms with Gasteiger partial charge in [0.15, 0.2) is 0 Å². The molecule has 0 spiro atoms. The van der Waals surface area contributed by atoms with Crippen LogP contribution in [0.25, 0.3) is 0 Å². The zero-order chi connectivity index (χ0) is 14.7. The van der Waals surface area contributed by atoms with Gasteiger partial charge in [-0.1, -0.05) is 34.1 Å². The third-order valence-corrected chi connectivity index (χ3v) is 4.45. The molecule has 0 amide bonds. The molecule has 0 saturated heterocycles. The molecule has 0 fully saturated rings. The van der Waals surface area contributed by atoms with Gasteiger partial charge in [0.1, 0.15) is 5.82 Å². The Morgan fingerprint density at radius 3 is 2.05 bits per heavy atom. The summed E-state index contributed by atoms with van der Waals surface area (Å²) >= 11 is 6.66. The molecule has 0 radical (unpaired) electrons. The Labute approximate surface area is 135 Å². The third kappa shape index (κ3) is 3.90. The molecule has 0 saturated carbocycles. The Kier molecular flexibility index (Phi) is 5.35. The molecule has 2 aromatic rings. The molecule has 4 heteroatoms. The van der Waals surface area contributed by atoms with Gasteiger partial charge in [-0.15, -0.1) is 0 Å². The van der Waals surface area contributed by atoms with Crippen LogP contribution >= 0.6 is 31.9 Å². The summed E-state index contributed by atoms with van der Waals surface area (Å²) in [5.41, 5.74) is 2.28. The van der Waals surface area contributed by atoms with Crippen molar-refractivity contribution in [3.05, 3.63) is 68.4 Å². The summed E-state index contributed by atoms with van der Waals surface area (Å²) in [4.78, 5) is 0. The zero-order valence-corrected chi connectivity index (χ0v) is 14.5. The molecule has 0 bridgehead atoms. The summed E-state index contributed by atoms with van der Waals surface area (Å²) in [6.45, 7) is 4.20. The average molecular weight is 401 g/mol. The van der Waals surface area contributed by atoms with Crippen molar-refractivity contribution in [1.29, 1.82) is 0 Å². The molecule has 2 atom stereocenters. The van der Waals surface area contributed by atoms with Gasteiger partial charge in [0.25, 0.3) is 0 Å². The van der Waals surface area contributed by atoms with Crippen molar-refractivity contribution in [1.82, 2.24) is 5.32 Å². The molecule has 106 valence electrons. The van der Waals surface area contributed by atoms with Gasteiger partial charge in [0.2, 0.25) is 0 Å². The van der Waals surface area contributed by atoms with Crippen LogP contribution in [0.5, 0.6) is 0 Å². The summed E-state index contributed by atoms with van der Waals surface area (Å²) < 4.78 is 14.8. The lowest BCUT2D eigenvalue weighted by Gasteiger charge is -2.21. The minimum Gasteiger partial charge on any atom is -0.304 e. The van der Waals surface area contributed by atoms with E-state index in [4.69, 9.17) is 0 Å². The summed E-state index contributed by atoms with van der Waals surface area (Å²) in [6.07, 6.45) is 0. The van der Waals surface area contributed by atoms with Gasteiger partial charge in [-0.25, -0.2) is 4.39 Å². The molecule has 0 heterocycles. The van der Waals surface area contributed by atoms with E-state index in [1.807, 2.05) is 24.3 Å². The lowest BCUT2D eigenvalue weighted by atomic mass is 10.0. The van der Waals surface area contributed by atoms with E-state index >= 15 is 0 Å². The van der Waals surface area contributed by atoms with Crippen LogP contribution in [0, 0.1) is 5.82 Å². The number of benzene rings is 2. The van der Waals surface area contributed by atoms with Gasteiger partial charge >= 0.3 is 0 Å². The van der Waals surface area contributed by atoms with E-state index in [0.717, 1.165) is 10.0 Å². The Balaban J connectivity index is 2.08. The van der Waals surface area contributed by atoms with Crippen LogP contribution in [0.1, 0.15) is 37.1 Å². The average Bonchev–Trinajstić information content (AvgIpc) is 2.42. The van der Waals surface area contributed by atoms with Crippen LogP contribution in [0.15, 0.2) is 51.4 Å². The van der Waals surface area contributed by atoms with E-state index in [2.05, 4.69) is 63.2 Å². The standard InChI is InChI=1S/C16H16Br2FN/c1-10(12-3-6-14(17)7-4-12)20-11(2)13-5-8-16(19)15(18)9-13/h3-11,20H,1-2H3/t10-,11?/m0/s1. The van der Waals surface area contributed by atoms with E-state index < -0.39 is 0 Å². The van der Waals surface area contributed by atoms with Gasteiger partial charge in [-0.2, -0.15) is 0 Å². The van der Waals surface area contributed by atoms with Crippen LogP contribution in [0.2, 0.25) is 0 Å². The molecule has 2 rings (SSSR count). The first kappa shape index (κ1) is 15.7. The highest BCUT2D eigenvalue weighted by Crippen LogP contribution is 2.24. The van der Waals surface area contributed by atoms with Crippen LogP contribution < -0.4 is 5.32 Å². The molecule has 0 aliphatic rings. The van der Waals surface area contributed by atoms with Crippen molar-refractivity contribution in [2.24, 2.45) is 0 Å². The van der Waals surface area contributed by atoms with Gasteiger partial charge in [0, 0.05) is 16.6 Å². The number of halogens is 3. The van der Waals surface area contributed by atoms with Crippen LogP contribution in [-0.2, 0) is 0 Å². The fourth-order valence-corrected chi connectivity index (χ4v) is 2.76. The van der Waals surface area contributed by atoms with Crippen molar-refractivity contribution < 1.29 is 4.39 Å². The highest BCUT2D eigenvalue weighted by molar-refractivity contribution is 9.10. The maximum atomic E-state index is 13.3. The summed E-state index contributed by atoms with van der Waals surface area (Å²) in [7, 11) is 0. The lowest BCUT2D eigenvalue weighted by Crippen LogP contribution is -2.22. The molecule has 2 aromatic carbocycles. The summed E-state index contributed by atoms with van der Waals surface area (Å²) in [5.74, 6) is -0.234. The number of hydrogen-bond acceptors (Lipinski definition) is 1. The van der Waals surface area contributed by atoms with Crippen molar-refractivity contribution in [2.45, 2.75) is 25.9 Å². The number of hydrogen-bond donors (Lipinski definition) is 1. The molecular formula is C16H16Br2FN. The van der Waals surface area contributed by atoms with E-state index in [-0.39, 0.29) is 17.9 Å². The fourth-order valence-electron chi connectivity index (χ4n) is 2.10. The Morgan fingerprint density at radius 1 is 0.900 bits per heavy atom. The Morgan fingerprint density at radius 2 is 1.45 bits per heavy atom. The molecule has 0 aromatic heterocycles. The second-order valence-corrected chi connectivity index (χ2v) is 6.61. The van der Waals surface area contributed by atoms with Gasteiger partial charge in [-0.3, -0.25) is 0 Å². The predicted molar refractivity (Wildman–Crippen MR) is 88.2 cm³/mol. The quantitative estimate of drug-likeness (QED) is 0.687. The van der Waals surface area contributed by atoms with E-state index in [1.54, 1.807) is 0 Å². The monoisotopic (exact) mass is 399 g/mol. The van der Waals surface area contributed by atoms with E-state index in [9.17, 15) is 4.39 Å². The number of nitrogens with one attached hydrogen (secondary N) is 1. The van der Waals surface area contributed by atoms with Crippen molar-refractivity contribution >= 4 is 31.9 Å². The zero-order valence-electron chi connectivity index (χ0n) is 11.3. The Bertz CT molecular complexity index is 584. The predicted octanol–water partition coefficient (Wildman–Crippen LogP) is 5.76. The SMILES string of the molecule is CC(N[C@@H](C)c1ccc(Br)cc1)c1ccc(F)c(Br)c1. The van der Waals surface area contributed by atoms with Crippen molar-refractivity contribution in [3.63, 3.8) is 0 Å². The second kappa shape index (κ2) is 6.83. The molecule has 1 nitrogen and oxygen atoms in total. The maximum absolute atomic E-state index is 13.3. The first-order chi connectivity index (χ1) is 9.47. The molecule has 20 heavy (non-hydrogen) atoms. The second-order valence-electron chi connectivity index (χ2n) is 4.84. The van der Waals surface area contributed by atoms with E-state index in [0.29, 0.717) is 4.47 Å². The van der Waals surface area contributed by atoms with Crippen LogP contribution in [-0.4, -0.2) is 0 Å². The largest absolute Gasteiger partial charge is 0.304 e. The topological polar surface area (TPSA) is 12.0 Å².